The minimum Gasteiger partial charge on any atom is -0.480 e. The lowest BCUT2D eigenvalue weighted by atomic mass is 9.99. The molecular formula is C25H28N4O7. The van der Waals surface area contributed by atoms with Gasteiger partial charge in [-0.25, -0.2) is 9.78 Å². The fraction of sp³-hybridized carbons (Fsp3) is 0.440. The number of ether oxygens (including phenoxy) is 1. The van der Waals surface area contributed by atoms with Crippen molar-refractivity contribution in [2.75, 3.05) is 19.6 Å². The molecule has 2 atom stereocenters. The molecule has 0 radical (unpaired) electrons. The summed E-state index contributed by atoms with van der Waals surface area (Å²) in [6.07, 6.45) is 4.56. The molecule has 0 aliphatic carbocycles. The van der Waals surface area contributed by atoms with Gasteiger partial charge in [-0.3, -0.25) is 14.5 Å². The van der Waals surface area contributed by atoms with Crippen LogP contribution in [0.4, 0.5) is 0 Å². The van der Waals surface area contributed by atoms with Crippen molar-refractivity contribution in [3.63, 3.8) is 0 Å². The van der Waals surface area contributed by atoms with Crippen LogP contribution in [0.5, 0.6) is 0 Å². The highest BCUT2D eigenvalue weighted by molar-refractivity contribution is 5.74. The highest BCUT2D eigenvalue weighted by Crippen LogP contribution is 2.27. The molecule has 5 rings (SSSR count). The largest absolute Gasteiger partial charge is 0.519 e. The third-order valence-electron chi connectivity index (χ3n) is 6.90. The smallest absolute Gasteiger partial charge is 0.480 e. The topological polar surface area (TPSA) is 140 Å². The highest BCUT2D eigenvalue weighted by Gasteiger charge is 2.34. The van der Waals surface area contributed by atoms with Crippen molar-refractivity contribution in [3.05, 3.63) is 69.7 Å². The molecule has 1 aromatic carbocycles. The molecule has 1 fully saturated rings. The number of aromatic nitrogens is 2. The van der Waals surface area contributed by atoms with E-state index in [2.05, 4.69) is 27.0 Å². The number of esters is 1. The predicted molar refractivity (Wildman–Crippen MR) is 126 cm³/mol. The first-order chi connectivity index (χ1) is 17.4. The van der Waals surface area contributed by atoms with Crippen molar-refractivity contribution in [3.8, 4) is 5.69 Å². The lowest BCUT2D eigenvalue weighted by Crippen LogP contribution is -2.44. The summed E-state index contributed by atoms with van der Waals surface area (Å²) < 4.78 is 16.8. The van der Waals surface area contributed by atoms with Gasteiger partial charge in [0, 0.05) is 36.9 Å². The Morgan fingerprint density at radius 3 is 2.89 bits per heavy atom. The Balaban J connectivity index is 1.16. The molecule has 0 bridgehead atoms. The number of benzene rings is 1. The summed E-state index contributed by atoms with van der Waals surface area (Å²) >= 11 is 0. The van der Waals surface area contributed by atoms with Crippen LogP contribution in [-0.2, 0) is 40.2 Å². The summed E-state index contributed by atoms with van der Waals surface area (Å²) in [6.45, 7) is 2.43. The first-order valence-electron chi connectivity index (χ1n) is 12.0. The van der Waals surface area contributed by atoms with Gasteiger partial charge in [0.2, 0.25) is 0 Å². The molecule has 3 aromatic rings. The maximum atomic E-state index is 12.2. The zero-order chi connectivity index (χ0) is 25.2. The number of carboxylic acid groups (broad SMARTS) is 1. The van der Waals surface area contributed by atoms with Crippen LogP contribution in [0, 0.1) is 6.92 Å². The van der Waals surface area contributed by atoms with Gasteiger partial charge in [-0.05, 0) is 37.8 Å². The molecule has 2 aromatic heterocycles. The Hall–Kier alpha value is -3.70. The molecule has 4 heterocycles. The Morgan fingerprint density at radius 1 is 1.28 bits per heavy atom. The van der Waals surface area contributed by atoms with Gasteiger partial charge in [0.15, 0.2) is 18.1 Å². The van der Waals surface area contributed by atoms with Gasteiger partial charge < -0.3 is 28.6 Å². The number of nitrogens with one attached hydrogen (secondary N) is 1. The van der Waals surface area contributed by atoms with E-state index >= 15 is 0 Å². The SMILES string of the molecule is Cc1oc(=O)oc1COC(=O)CN[C@H]1CCN([C@@H](Cc2ncn3c2CCc2ccccc2-3)C(=O)O)C1. The van der Waals surface area contributed by atoms with Gasteiger partial charge in [-0.15, -0.1) is 0 Å². The fourth-order valence-corrected chi connectivity index (χ4v) is 4.99. The number of rotatable bonds is 9. The molecule has 11 nitrogen and oxygen atoms in total. The zero-order valence-corrected chi connectivity index (χ0v) is 19.9. The lowest BCUT2D eigenvalue weighted by Gasteiger charge is -2.25. The molecule has 0 unspecified atom stereocenters. The number of likely N-dealkylation sites (tertiary alicyclic amines) is 1. The van der Waals surface area contributed by atoms with Gasteiger partial charge in [0.25, 0.3) is 0 Å². The number of carboxylic acids is 1. The molecule has 0 spiro atoms. The summed E-state index contributed by atoms with van der Waals surface area (Å²) in [7, 11) is 0. The third-order valence-corrected chi connectivity index (χ3v) is 6.90. The number of fused-ring (bicyclic) bond motifs is 3. The van der Waals surface area contributed by atoms with Crippen molar-refractivity contribution in [2.45, 2.75) is 51.3 Å². The minimum absolute atomic E-state index is 0.0364. The molecule has 2 aliphatic rings. The van der Waals surface area contributed by atoms with Gasteiger partial charge in [0.1, 0.15) is 6.04 Å². The predicted octanol–water partition coefficient (Wildman–Crippen LogP) is 1.23. The number of imidazole rings is 1. The average Bonchev–Trinajstić information content (AvgIpc) is 3.58. The zero-order valence-electron chi connectivity index (χ0n) is 19.9. The van der Waals surface area contributed by atoms with Crippen LogP contribution in [0.3, 0.4) is 0 Å². The van der Waals surface area contributed by atoms with E-state index in [0.29, 0.717) is 25.9 Å². The molecule has 11 heteroatoms. The van der Waals surface area contributed by atoms with E-state index in [1.165, 1.54) is 5.56 Å². The summed E-state index contributed by atoms with van der Waals surface area (Å²) in [6, 6.07) is 7.45. The number of carbonyl (C=O) groups excluding carboxylic acids is 1. The van der Waals surface area contributed by atoms with Crippen molar-refractivity contribution in [1.29, 1.82) is 0 Å². The Kier molecular flexibility index (Phi) is 6.75. The van der Waals surface area contributed by atoms with Crippen LogP contribution in [0.15, 0.2) is 44.2 Å². The average molecular weight is 497 g/mol. The first kappa shape index (κ1) is 24.0. The molecular weight excluding hydrogens is 468 g/mol. The van der Waals surface area contributed by atoms with Crippen LogP contribution in [0.2, 0.25) is 0 Å². The Labute approximate surface area is 206 Å². The monoisotopic (exact) mass is 496 g/mol. The first-order valence-corrected chi connectivity index (χ1v) is 12.0. The van der Waals surface area contributed by atoms with E-state index in [1.54, 1.807) is 13.3 Å². The van der Waals surface area contributed by atoms with E-state index in [9.17, 15) is 19.5 Å². The van der Waals surface area contributed by atoms with Crippen molar-refractivity contribution >= 4 is 11.9 Å². The summed E-state index contributed by atoms with van der Waals surface area (Å²) in [5.41, 5.74) is 4.25. The number of aryl methyl sites for hydroxylation is 2. The number of hydrogen-bond donors (Lipinski definition) is 2. The number of carbonyl (C=O) groups is 2. The summed E-state index contributed by atoms with van der Waals surface area (Å²) in [5, 5.41) is 13.1. The Morgan fingerprint density at radius 2 is 2.11 bits per heavy atom. The van der Waals surface area contributed by atoms with E-state index in [1.807, 2.05) is 17.0 Å². The Bertz CT molecular complexity index is 1320. The van der Waals surface area contributed by atoms with Crippen LogP contribution in [0.1, 0.15) is 34.9 Å². The molecule has 0 amide bonds. The lowest BCUT2D eigenvalue weighted by molar-refractivity contribution is -0.145. The molecule has 36 heavy (non-hydrogen) atoms. The second-order valence-corrected chi connectivity index (χ2v) is 9.15. The standard InChI is InChI=1S/C25H28N4O7/c1-15-22(36-25(33)35-15)13-34-23(30)11-26-17-8-9-28(12-17)21(24(31)32)10-18-20-7-6-16-4-2-3-5-19(16)29(20)14-27-18/h2-5,14,17,21,26H,6-13H2,1H3,(H,31,32)/t17-,21-/m0/s1. The number of nitrogens with zero attached hydrogens (tertiary/aromatic N) is 3. The molecule has 190 valence electrons. The van der Waals surface area contributed by atoms with E-state index in [0.717, 1.165) is 29.9 Å². The van der Waals surface area contributed by atoms with Crippen molar-refractivity contribution in [1.82, 2.24) is 19.8 Å². The number of aliphatic carboxylic acids is 1. The fourth-order valence-electron chi connectivity index (χ4n) is 4.99. The van der Waals surface area contributed by atoms with Crippen LogP contribution >= 0.6 is 0 Å². The normalized spacial score (nSPS) is 18.0. The van der Waals surface area contributed by atoms with Gasteiger partial charge in [-0.2, -0.15) is 0 Å². The van der Waals surface area contributed by atoms with Gasteiger partial charge in [0.05, 0.1) is 18.6 Å². The second-order valence-electron chi connectivity index (χ2n) is 9.15. The van der Waals surface area contributed by atoms with Gasteiger partial charge in [-0.1, -0.05) is 18.2 Å². The second kappa shape index (κ2) is 10.1. The molecule has 0 saturated carbocycles. The maximum Gasteiger partial charge on any atom is 0.519 e. The quantitative estimate of drug-likeness (QED) is 0.416. The van der Waals surface area contributed by atoms with Gasteiger partial charge >= 0.3 is 17.8 Å². The molecule has 2 N–H and O–H groups in total. The van der Waals surface area contributed by atoms with Crippen LogP contribution in [0.25, 0.3) is 5.69 Å². The highest BCUT2D eigenvalue weighted by atomic mass is 16.6. The maximum absolute atomic E-state index is 12.2. The van der Waals surface area contributed by atoms with Crippen LogP contribution in [-0.4, -0.2) is 63.2 Å². The van der Waals surface area contributed by atoms with E-state index < -0.39 is 23.8 Å². The van der Waals surface area contributed by atoms with Crippen LogP contribution < -0.4 is 11.1 Å². The van der Waals surface area contributed by atoms with Crippen molar-refractivity contribution < 1.29 is 28.3 Å². The number of para-hydroxylation sites is 1. The van der Waals surface area contributed by atoms with E-state index in [-0.39, 0.29) is 30.7 Å². The van der Waals surface area contributed by atoms with E-state index in [4.69, 9.17) is 13.6 Å². The summed E-state index contributed by atoms with van der Waals surface area (Å²) in [5.74, 6) is -1.78. The minimum atomic E-state index is -0.884. The molecule has 1 saturated heterocycles. The summed E-state index contributed by atoms with van der Waals surface area (Å²) in [4.78, 5) is 41.9. The molecule has 2 aliphatic heterocycles. The third kappa shape index (κ3) is 4.98. The van der Waals surface area contributed by atoms with Crippen molar-refractivity contribution in [2.24, 2.45) is 0 Å². The number of hydrogen-bond acceptors (Lipinski definition) is 9.